The Labute approximate surface area is 116 Å². The molecule has 5 heteroatoms. The SMILES string of the molecule is Cn1c([C@@H]2CCCNC2)nc2ccc(C#N)cc2c1=O. The number of hydrogen-bond donors (Lipinski definition) is 1. The van der Waals surface area contributed by atoms with Crippen molar-refractivity contribution in [2.75, 3.05) is 13.1 Å². The van der Waals surface area contributed by atoms with Gasteiger partial charge in [-0.25, -0.2) is 4.98 Å². The topological polar surface area (TPSA) is 70.7 Å². The minimum atomic E-state index is -0.0762. The van der Waals surface area contributed by atoms with Crippen molar-refractivity contribution in [2.24, 2.45) is 7.05 Å². The zero-order chi connectivity index (χ0) is 14.1. The number of hydrogen-bond acceptors (Lipinski definition) is 4. The molecule has 0 unspecified atom stereocenters. The Kier molecular flexibility index (Phi) is 3.25. The van der Waals surface area contributed by atoms with Gasteiger partial charge in [0.1, 0.15) is 5.82 Å². The first-order valence-electron chi connectivity index (χ1n) is 6.82. The molecule has 1 aliphatic heterocycles. The second-order valence-electron chi connectivity index (χ2n) is 5.22. The van der Waals surface area contributed by atoms with Crippen LogP contribution in [0.1, 0.15) is 30.1 Å². The maximum absolute atomic E-state index is 12.5. The van der Waals surface area contributed by atoms with Gasteiger partial charge < -0.3 is 5.32 Å². The lowest BCUT2D eigenvalue weighted by molar-refractivity contribution is 0.434. The molecule has 2 aromatic rings. The summed E-state index contributed by atoms with van der Waals surface area (Å²) in [6.07, 6.45) is 2.15. The maximum Gasteiger partial charge on any atom is 0.261 e. The van der Waals surface area contributed by atoms with Gasteiger partial charge in [0.05, 0.1) is 22.5 Å². The Hall–Kier alpha value is -2.19. The summed E-state index contributed by atoms with van der Waals surface area (Å²) in [5.41, 5.74) is 1.09. The van der Waals surface area contributed by atoms with E-state index in [1.165, 1.54) is 0 Å². The largest absolute Gasteiger partial charge is 0.316 e. The summed E-state index contributed by atoms with van der Waals surface area (Å²) in [5.74, 6) is 1.11. The van der Waals surface area contributed by atoms with Crippen molar-refractivity contribution in [1.29, 1.82) is 5.26 Å². The molecule has 1 atom stereocenters. The minimum absolute atomic E-state index is 0.0762. The Bertz CT molecular complexity index is 751. The van der Waals surface area contributed by atoms with Crippen LogP contribution in [0.15, 0.2) is 23.0 Å². The molecule has 1 aromatic carbocycles. The number of fused-ring (bicyclic) bond motifs is 1. The van der Waals surface area contributed by atoms with Crippen LogP contribution in [0, 0.1) is 11.3 Å². The van der Waals surface area contributed by atoms with Crippen LogP contribution in [-0.4, -0.2) is 22.6 Å². The summed E-state index contributed by atoms with van der Waals surface area (Å²) in [5, 5.41) is 12.8. The first-order chi connectivity index (χ1) is 9.70. The normalized spacial score (nSPS) is 18.9. The lowest BCUT2D eigenvalue weighted by Crippen LogP contribution is -2.33. The lowest BCUT2D eigenvalue weighted by Gasteiger charge is -2.24. The van der Waals surface area contributed by atoms with Crippen LogP contribution in [0.4, 0.5) is 0 Å². The second kappa shape index (κ2) is 5.06. The smallest absolute Gasteiger partial charge is 0.261 e. The summed E-state index contributed by atoms with van der Waals surface area (Å²) in [7, 11) is 1.76. The van der Waals surface area contributed by atoms with Gasteiger partial charge in [-0.1, -0.05) is 0 Å². The zero-order valence-corrected chi connectivity index (χ0v) is 11.4. The van der Waals surface area contributed by atoms with Crippen LogP contribution in [0.3, 0.4) is 0 Å². The number of rotatable bonds is 1. The fourth-order valence-electron chi connectivity index (χ4n) is 2.79. The molecule has 1 aromatic heterocycles. The van der Waals surface area contributed by atoms with Gasteiger partial charge in [0, 0.05) is 19.5 Å². The van der Waals surface area contributed by atoms with Gasteiger partial charge in [0.15, 0.2) is 0 Å². The summed E-state index contributed by atoms with van der Waals surface area (Å²) >= 11 is 0. The van der Waals surface area contributed by atoms with Gasteiger partial charge in [-0.3, -0.25) is 9.36 Å². The van der Waals surface area contributed by atoms with Crippen molar-refractivity contribution in [1.82, 2.24) is 14.9 Å². The highest BCUT2D eigenvalue weighted by atomic mass is 16.1. The van der Waals surface area contributed by atoms with Crippen LogP contribution in [0.2, 0.25) is 0 Å². The van der Waals surface area contributed by atoms with E-state index in [-0.39, 0.29) is 11.5 Å². The van der Waals surface area contributed by atoms with Crippen LogP contribution < -0.4 is 10.9 Å². The standard InChI is InChI=1S/C15H16N4O/c1-19-14(11-3-2-6-17-9-11)18-13-5-4-10(8-16)7-12(13)15(19)20/h4-5,7,11,17H,2-3,6,9H2,1H3/t11-/m1/s1. The molecule has 1 saturated heterocycles. The van der Waals surface area contributed by atoms with Crippen LogP contribution in [0.5, 0.6) is 0 Å². The van der Waals surface area contributed by atoms with E-state index in [2.05, 4.69) is 16.4 Å². The summed E-state index contributed by atoms with van der Waals surface area (Å²) < 4.78 is 1.63. The van der Waals surface area contributed by atoms with E-state index in [1.54, 1.807) is 29.8 Å². The quantitative estimate of drug-likeness (QED) is 0.845. The third-order valence-corrected chi connectivity index (χ3v) is 3.90. The van der Waals surface area contributed by atoms with E-state index in [0.717, 1.165) is 31.8 Å². The minimum Gasteiger partial charge on any atom is -0.316 e. The van der Waals surface area contributed by atoms with Gasteiger partial charge in [-0.2, -0.15) is 5.26 Å². The number of nitrogens with one attached hydrogen (secondary N) is 1. The van der Waals surface area contributed by atoms with Crippen molar-refractivity contribution < 1.29 is 0 Å². The van der Waals surface area contributed by atoms with E-state index < -0.39 is 0 Å². The maximum atomic E-state index is 12.5. The molecule has 0 amide bonds. The van der Waals surface area contributed by atoms with E-state index in [9.17, 15) is 4.79 Å². The van der Waals surface area contributed by atoms with Gasteiger partial charge in [-0.15, -0.1) is 0 Å². The molecule has 5 nitrogen and oxygen atoms in total. The Morgan fingerprint density at radius 3 is 3.05 bits per heavy atom. The van der Waals surface area contributed by atoms with E-state index in [4.69, 9.17) is 5.26 Å². The summed E-state index contributed by atoms with van der Waals surface area (Å²) in [6, 6.07) is 7.14. The zero-order valence-electron chi connectivity index (χ0n) is 11.4. The van der Waals surface area contributed by atoms with Crippen molar-refractivity contribution in [3.05, 3.63) is 39.9 Å². The molecule has 2 heterocycles. The molecule has 0 aliphatic carbocycles. The highest BCUT2D eigenvalue weighted by molar-refractivity contribution is 5.79. The highest BCUT2D eigenvalue weighted by Crippen LogP contribution is 2.22. The van der Waals surface area contributed by atoms with Crippen LogP contribution >= 0.6 is 0 Å². The van der Waals surface area contributed by atoms with Crippen LogP contribution in [0.25, 0.3) is 10.9 Å². The van der Waals surface area contributed by atoms with Gasteiger partial charge in [-0.05, 0) is 37.6 Å². The molecule has 102 valence electrons. The number of nitrogens with zero attached hydrogens (tertiary/aromatic N) is 3. The molecule has 3 rings (SSSR count). The molecule has 0 bridgehead atoms. The Balaban J connectivity index is 2.18. The molecular formula is C15H16N4O. The highest BCUT2D eigenvalue weighted by Gasteiger charge is 2.20. The fourth-order valence-corrected chi connectivity index (χ4v) is 2.79. The molecule has 0 spiro atoms. The third kappa shape index (κ3) is 2.08. The Morgan fingerprint density at radius 1 is 1.50 bits per heavy atom. The monoisotopic (exact) mass is 268 g/mol. The first kappa shape index (κ1) is 12.8. The molecule has 20 heavy (non-hydrogen) atoms. The predicted octanol–water partition coefficient (Wildman–Crippen LogP) is 1.27. The van der Waals surface area contributed by atoms with E-state index in [0.29, 0.717) is 16.5 Å². The number of benzene rings is 1. The number of aromatic nitrogens is 2. The fraction of sp³-hybridized carbons (Fsp3) is 0.400. The molecule has 0 radical (unpaired) electrons. The lowest BCUT2D eigenvalue weighted by atomic mass is 9.98. The van der Waals surface area contributed by atoms with Crippen molar-refractivity contribution in [3.63, 3.8) is 0 Å². The van der Waals surface area contributed by atoms with E-state index in [1.807, 2.05) is 0 Å². The average Bonchev–Trinajstić information content (AvgIpc) is 2.51. The van der Waals surface area contributed by atoms with Gasteiger partial charge in [0.2, 0.25) is 0 Å². The van der Waals surface area contributed by atoms with Gasteiger partial charge >= 0.3 is 0 Å². The molecule has 1 fully saturated rings. The van der Waals surface area contributed by atoms with Crippen molar-refractivity contribution in [3.8, 4) is 6.07 Å². The van der Waals surface area contributed by atoms with E-state index >= 15 is 0 Å². The number of nitriles is 1. The van der Waals surface area contributed by atoms with Crippen molar-refractivity contribution >= 4 is 10.9 Å². The molecule has 0 saturated carbocycles. The Morgan fingerprint density at radius 2 is 2.35 bits per heavy atom. The van der Waals surface area contributed by atoms with Crippen LogP contribution in [-0.2, 0) is 7.05 Å². The third-order valence-electron chi connectivity index (χ3n) is 3.90. The molecule has 1 aliphatic rings. The van der Waals surface area contributed by atoms with Crippen molar-refractivity contribution in [2.45, 2.75) is 18.8 Å². The second-order valence-corrected chi connectivity index (χ2v) is 5.22. The summed E-state index contributed by atoms with van der Waals surface area (Å²) in [4.78, 5) is 17.1. The van der Waals surface area contributed by atoms with Gasteiger partial charge in [0.25, 0.3) is 5.56 Å². The predicted molar refractivity (Wildman–Crippen MR) is 76.5 cm³/mol. The molecule has 1 N–H and O–H groups in total. The summed E-state index contributed by atoms with van der Waals surface area (Å²) in [6.45, 7) is 1.89. The average molecular weight is 268 g/mol. The first-order valence-corrected chi connectivity index (χ1v) is 6.82. The molecular weight excluding hydrogens is 252 g/mol. The number of piperidine rings is 1.